The van der Waals surface area contributed by atoms with E-state index >= 15 is 0 Å². The molecule has 1 aliphatic heterocycles. The number of amides is 1. The van der Waals surface area contributed by atoms with Gasteiger partial charge in [-0.15, -0.1) is 0 Å². The van der Waals surface area contributed by atoms with Crippen LogP contribution in [0, 0.1) is 12.8 Å². The molecule has 0 N–H and O–H groups in total. The highest BCUT2D eigenvalue weighted by atomic mass is 16.5. The summed E-state index contributed by atoms with van der Waals surface area (Å²) < 4.78 is 10.6. The zero-order chi connectivity index (χ0) is 15.4. The smallest absolute Gasteiger partial charge is 0.229 e. The number of nitrogens with zero attached hydrogens (tertiary/aromatic N) is 1. The third kappa shape index (κ3) is 3.45. The molecule has 0 aliphatic carbocycles. The van der Waals surface area contributed by atoms with Crippen molar-refractivity contribution < 1.29 is 14.3 Å². The van der Waals surface area contributed by atoms with Gasteiger partial charge in [-0.2, -0.15) is 0 Å². The van der Waals surface area contributed by atoms with Crippen molar-refractivity contribution in [3.05, 3.63) is 35.4 Å². The molecule has 0 radical (unpaired) electrons. The second-order valence-electron chi connectivity index (χ2n) is 5.44. The normalized spacial score (nSPS) is 18.7. The summed E-state index contributed by atoms with van der Waals surface area (Å²) in [4.78, 5) is 13.9. The number of hydrogen-bond acceptors (Lipinski definition) is 3. The van der Waals surface area contributed by atoms with E-state index in [1.807, 2.05) is 39.1 Å². The molecule has 0 saturated carbocycles. The van der Waals surface area contributed by atoms with Gasteiger partial charge >= 0.3 is 0 Å². The molecular formula is C17H23NO3. The summed E-state index contributed by atoms with van der Waals surface area (Å²) in [5, 5.41) is 0. The van der Waals surface area contributed by atoms with Gasteiger partial charge in [0.15, 0.2) is 0 Å². The van der Waals surface area contributed by atoms with Gasteiger partial charge in [0, 0.05) is 31.3 Å². The highest BCUT2D eigenvalue weighted by Gasteiger charge is 2.25. The number of aryl methyl sites for hydroxylation is 1. The van der Waals surface area contributed by atoms with Crippen molar-refractivity contribution in [1.29, 1.82) is 0 Å². The molecule has 1 atom stereocenters. The lowest BCUT2D eigenvalue weighted by molar-refractivity contribution is -0.131. The Kier molecular flexibility index (Phi) is 5.02. The minimum absolute atomic E-state index is 0.0655. The maximum Gasteiger partial charge on any atom is 0.229 e. The number of allylic oxidation sites excluding steroid dienone is 1. The number of carbonyl (C=O) groups excluding carboxylic acids is 1. The Labute approximate surface area is 126 Å². The van der Waals surface area contributed by atoms with Crippen LogP contribution in [0.1, 0.15) is 24.5 Å². The molecule has 1 amide bonds. The minimum Gasteiger partial charge on any atom is -0.491 e. The van der Waals surface area contributed by atoms with Crippen LogP contribution in [0.3, 0.4) is 0 Å². The average Bonchev–Trinajstić information content (AvgIpc) is 2.46. The largest absolute Gasteiger partial charge is 0.491 e. The van der Waals surface area contributed by atoms with E-state index in [-0.39, 0.29) is 11.8 Å². The number of rotatable bonds is 5. The van der Waals surface area contributed by atoms with Gasteiger partial charge in [0.1, 0.15) is 12.4 Å². The maximum absolute atomic E-state index is 12.1. The molecular weight excluding hydrogens is 266 g/mol. The lowest BCUT2D eigenvalue weighted by Gasteiger charge is -2.29. The van der Waals surface area contributed by atoms with Crippen LogP contribution in [0.25, 0.3) is 5.70 Å². The number of hydrogen-bond donors (Lipinski definition) is 0. The molecule has 2 rings (SSSR count). The summed E-state index contributed by atoms with van der Waals surface area (Å²) >= 11 is 0. The first-order valence-electron chi connectivity index (χ1n) is 7.25. The van der Waals surface area contributed by atoms with Gasteiger partial charge < -0.3 is 14.4 Å². The summed E-state index contributed by atoms with van der Waals surface area (Å²) in [6.45, 7) is 5.11. The van der Waals surface area contributed by atoms with E-state index in [1.165, 1.54) is 0 Å². The standard InChI is InChI=1S/C17H23NO3/c1-12-5-8-16(18(3)17(12)19)15-7-6-14(11-13(15)2)21-10-9-20-4/h6-8,11-12H,5,9-10H2,1-4H3. The highest BCUT2D eigenvalue weighted by molar-refractivity contribution is 5.90. The Morgan fingerprint density at radius 1 is 1.33 bits per heavy atom. The summed E-state index contributed by atoms with van der Waals surface area (Å²) in [6, 6.07) is 5.96. The van der Waals surface area contributed by atoms with E-state index in [9.17, 15) is 4.79 Å². The van der Waals surface area contributed by atoms with Crippen LogP contribution >= 0.6 is 0 Å². The Hall–Kier alpha value is -1.81. The van der Waals surface area contributed by atoms with Crippen molar-refractivity contribution in [2.75, 3.05) is 27.4 Å². The SMILES string of the molecule is COCCOc1ccc(C2=CCC(C)C(=O)N2C)c(C)c1. The fraction of sp³-hybridized carbons (Fsp3) is 0.471. The molecule has 0 fully saturated rings. The zero-order valence-corrected chi connectivity index (χ0v) is 13.2. The van der Waals surface area contributed by atoms with Crippen molar-refractivity contribution in [3.8, 4) is 5.75 Å². The second-order valence-corrected chi connectivity index (χ2v) is 5.44. The quantitative estimate of drug-likeness (QED) is 0.782. The number of ether oxygens (including phenoxy) is 2. The number of benzene rings is 1. The highest BCUT2D eigenvalue weighted by Crippen LogP contribution is 2.30. The van der Waals surface area contributed by atoms with E-state index in [0.29, 0.717) is 13.2 Å². The van der Waals surface area contributed by atoms with Crippen molar-refractivity contribution in [2.45, 2.75) is 20.3 Å². The van der Waals surface area contributed by atoms with E-state index in [2.05, 4.69) is 6.08 Å². The Bertz CT molecular complexity index is 551. The summed E-state index contributed by atoms with van der Waals surface area (Å²) in [5.41, 5.74) is 3.17. The molecule has 114 valence electrons. The van der Waals surface area contributed by atoms with E-state index < -0.39 is 0 Å². The molecule has 1 heterocycles. The summed E-state index contributed by atoms with van der Waals surface area (Å²) in [6.07, 6.45) is 2.93. The molecule has 0 bridgehead atoms. The fourth-order valence-corrected chi connectivity index (χ4v) is 2.52. The lowest BCUT2D eigenvalue weighted by Crippen LogP contribution is -2.33. The summed E-state index contributed by atoms with van der Waals surface area (Å²) in [7, 11) is 3.49. The van der Waals surface area contributed by atoms with Gasteiger partial charge in [0.25, 0.3) is 0 Å². The molecule has 4 nitrogen and oxygen atoms in total. The number of carbonyl (C=O) groups is 1. The first-order chi connectivity index (χ1) is 10.0. The van der Waals surface area contributed by atoms with E-state index in [4.69, 9.17) is 9.47 Å². The molecule has 0 spiro atoms. The summed E-state index contributed by atoms with van der Waals surface area (Å²) in [5.74, 6) is 1.06. The predicted octanol–water partition coefficient (Wildman–Crippen LogP) is 2.86. The maximum atomic E-state index is 12.1. The first kappa shape index (κ1) is 15.6. The monoisotopic (exact) mass is 289 g/mol. The Morgan fingerprint density at radius 2 is 2.10 bits per heavy atom. The van der Waals surface area contributed by atoms with E-state index in [1.54, 1.807) is 12.0 Å². The number of methoxy groups -OCH3 is 1. The van der Waals surface area contributed by atoms with Gasteiger partial charge in [-0.05, 0) is 37.1 Å². The minimum atomic E-state index is 0.0655. The molecule has 1 aromatic rings. The predicted molar refractivity (Wildman–Crippen MR) is 83.1 cm³/mol. The third-order valence-electron chi connectivity index (χ3n) is 3.81. The Morgan fingerprint density at radius 3 is 2.76 bits per heavy atom. The van der Waals surface area contributed by atoms with Crippen LogP contribution in [0.4, 0.5) is 0 Å². The van der Waals surface area contributed by atoms with Gasteiger partial charge in [0.2, 0.25) is 5.91 Å². The first-order valence-corrected chi connectivity index (χ1v) is 7.25. The Balaban J connectivity index is 2.19. The average molecular weight is 289 g/mol. The van der Waals surface area contributed by atoms with Gasteiger partial charge in [-0.25, -0.2) is 0 Å². The van der Waals surface area contributed by atoms with Crippen molar-refractivity contribution >= 4 is 11.6 Å². The topological polar surface area (TPSA) is 38.8 Å². The van der Waals surface area contributed by atoms with Crippen molar-refractivity contribution in [1.82, 2.24) is 4.90 Å². The molecule has 0 saturated heterocycles. The van der Waals surface area contributed by atoms with Gasteiger partial charge in [-0.3, -0.25) is 4.79 Å². The molecule has 21 heavy (non-hydrogen) atoms. The molecule has 4 heteroatoms. The second kappa shape index (κ2) is 6.76. The van der Waals surface area contributed by atoms with Crippen LogP contribution in [-0.2, 0) is 9.53 Å². The lowest BCUT2D eigenvalue weighted by atomic mass is 9.95. The van der Waals surface area contributed by atoms with Crippen LogP contribution < -0.4 is 4.74 Å². The molecule has 1 aromatic carbocycles. The molecule has 0 aromatic heterocycles. The zero-order valence-electron chi connectivity index (χ0n) is 13.2. The third-order valence-corrected chi connectivity index (χ3v) is 3.81. The van der Waals surface area contributed by atoms with Gasteiger partial charge in [-0.1, -0.05) is 13.0 Å². The van der Waals surface area contributed by atoms with E-state index in [0.717, 1.165) is 29.0 Å². The van der Waals surface area contributed by atoms with Crippen LogP contribution in [0.5, 0.6) is 5.75 Å². The van der Waals surface area contributed by atoms with Crippen LogP contribution in [0.15, 0.2) is 24.3 Å². The fourth-order valence-electron chi connectivity index (χ4n) is 2.52. The van der Waals surface area contributed by atoms with Crippen LogP contribution in [0.2, 0.25) is 0 Å². The molecule has 1 aliphatic rings. The molecule has 1 unspecified atom stereocenters. The van der Waals surface area contributed by atoms with Gasteiger partial charge in [0.05, 0.1) is 6.61 Å². The van der Waals surface area contributed by atoms with Crippen LogP contribution in [-0.4, -0.2) is 38.2 Å². The van der Waals surface area contributed by atoms with Crippen molar-refractivity contribution in [2.24, 2.45) is 5.92 Å². The van der Waals surface area contributed by atoms with Crippen molar-refractivity contribution in [3.63, 3.8) is 0 Å².